The van der Waals surface area contributed by atoms with Crippen LogP contribution in [-0.4, -0.2) is 55.4 Å². The lowest BCUT2D eigenvalue weighted by Crippen LogP contribution is -2.40. The van der Waals surface area contributed by atoms with Gasteiger partial charge in [-0.05, 0) is 50.6 Å². The van der Waals surface area contributed by atoms with E-state index in [1.54, 1.807) is 21.3 Å². The summed E-state index contributed by atoms with van der Waals surface area (Å²) < 4.78 is 21.6. The predicted octanol–water partition coefficient (Wildman–Crippen LogP) is 3.60. The second-order valence-electron chi connectivity index (χ2n) is 8.68. The van der Waals surface area contributed by atoms with Crippen molar-refractivity contribution in [2.75, 3.05) is 34.4 Å². The molecule has 0 aliphatic carbocycles. The molecular formula is C26H32N4O5. The molecule has 0 spiro atoms. The van der Waals surface area contributed by atoms with Gasteiger partial charge in [-0.1, -0.05) is 35.0 Å². The van der Waals surface area contributed by atoms with Gasteiger partial charge >= 0.3 is 0 Å². The van der Waals surface area contributed by atoms with Crippen LogP contribution < -0.4 is 19.5 Å². The lowest BCUT2D eigenvalue weighted by atomic mass is 9.96. The third kappa shape index (κ3) is 5.92. The summed E-state index contributed by atoms with van der Waals surface area (Å²) in [5.41, 5.74) is 3.01. The van der Waals surface area contributed by atoms with Crippen LogP contribution in [0.4, 0.5) is 0 Å². The van der Waals surface area contributed by atoms with E-state index < -0.39 is 0 Å². The Labute approximate surface area is 205 Å². The van der Waals surface area contributed by atoms with E-state index in [1.165, 1.54) is 5.56 Å². The van der Waals surface area contributed by atoms with Crippen LogP contribution in [0.5, 0.6) is 17.2 Å². The quantitative estimate of drug-likeness (QED) is 0.496. The highest BCUT2D eigenvalue weighted by Gasteiger charge is 2.26. The highest BCUT2D eigenvalue weighted by Crippen LogP contribution is 2.38. The standard InChI is InChI=1S/C26H32N4O5/c1-17-5-7-19(8-6-17)25-28-23(35-29-25)16-30-11-9-20(10-12-30)26(31)27-15-18-13-21(32-2)24(34-4)22(14-18)33-3/h5-8,13-14,20H,9-12,15-16H2,1-4H3,(H,27,31). The SMILES string of the molecule is COc1cc(CNC(=O)C2CCN(Cc3nc(-c4ccc(C)cc4)no3)CC2)cc(OC)c1OC. The van der Waals surface area contributed by atoms with Gasteiger partial charge in [0.15, 0.2) is 11.5 Å². The average molecular weight is 481 g/mol. The molecule has 0 radical (unpaired) electrons. The Hall–Kier alpha value is -3.59. The maximum absolute atomic E-state index is 12.8. The summed E-state index contributed by atoms with van der Waals surface area (Å²) in [6.07, 6.45) is 1.56. The highest BCUT2D eigenvalue weighted by atomic mass is 16.5. The zero-order valence-corrected chi connectivity index (χ0v) is 20.7. The van der Waals surface area contributed by atoms with Crippen molar-refractivity contribution in [1.82, 2.24) is 20.4 Å². The molecule has 0 unspecified atom stereocenters. The number of methoxy groups -OCH3 is 3. The normalized spacial score (nSPS) is 14.5. The van der Waals surface area contributed by atoms with Crippen molar-refractivity contribution in [2.24, 2.45) is 5.92 Å². The minimum Gasteiger partial charge on any atom is -0.493 e. The summed E-state index contributed by atoms with van der Waals surface area (Å²) in [4.78, 5) is 19.6. The van der Waals surface area contributed by atoms with E-state index in [-0.39, 0.29) is 11.8 Å². The highest BCUT2D eigenvalue weighted by molar-refractivity contribution is 5.78. The van der Waals surface area contributed by atoms with Crippen molar-refractivity contribution < 1.29 is 23.5 Å². The van der Waals surface area contributed by atoms with Gasteiger partial charge in [0.25, 0.3) is 0 Å². The van der Waals surface area contributed by atoms with Crippen LogP contribution in [0.3, 0.4) is 0 Å². The van der Waals surface area contributed by atoms with Crippen molar-refractivity contribution in [3.05, 3.63) is 53.4 Å². The van der Waals surface area contributed by atoms with Crippen molar-refractivity contribution in [3.8, 4) is 28.6 Å². The number of aromatic nitrogens is 2. The predicted molar refractivity (Wildman–Crippen MR) is 130 cm³/mol. The van der Waals surface area contributed by atoms with Crippen molar-refractivity contribution >= 4 is 5.91 Å². The number of nitrogens with one attached hydrogen (secondary N) is 1. The number of hydrogen-bond acceptors (Lipinski definition) is 8. The van der Waals surface area contributed by atoms with E-state index in [0.717, 1.165) is 37.1 Å². The topological polar surface area (TPSA) is 99.0 Å². The van der Waals surface area contributed by atoms with Crippen LogP contribution in [0, 0.1) is 12.8 Å². The molecule has 0 saturated carbocycles. The summed E-state index contributed by atoms with van der Waals surface area (Å²) in [6.45, 7) is 4.61. The Kier molecular flexibility index (Phi) is 7.87. The first-order chi connectivity index (χ1) is 17.0. The van der Waals surface area contributed by atoms with Gasteiger partial charge in [-0.25, -0.2) is 0 Å². The van der Waals surface area contributed by atoms with E-state index in [9.17, 15) is 4.79 Å². The van der Waals surface area contributed by atoms with Gasteiger partial charge in [0.2, 0.25) is 23.4 Å². The smallest absolute Gasteiger partial charge is 0.241 e. The number of nitrogens with zero attached hydrogens (tertiary/aromatic N) is 3. The first-order valence-electron chi connectivity index (χ1n) is 11.7. The molecule has 2 heterocycles. The van der Waals surface area contributed by atoms with Gasteiger partial charge in [0, 0.05) is 18.0 Å². The van der Waals surface area contributed by atoms with Crippen LogP contribution >= 0.6 is 0 Å². The molecule has 1 N–H and O–H groups in total. The molecule has 1 aromatic heterocycles. The number of benzene rings is 2. The third-order valence-electron chi connectivity index (χ3n) is 6.29. The fraction of sp³-hybridized carbons (Fsp3) is 0.423. The molecule has 0 bridgehead atoms. The Bertz CT molecular complexity index is 1110. The molecule has 9 nitrogen and oxygen atoms in total. The van der Waals surface area contributed by atoms with Crippen LogP contribution in [0.1, 0.15) is 29.9 Å². The molecule has 1 fully saturated rings. The van der Waals surface area contributed by atoms with E-state index in [2.05, 4.69) is 20.4 Å². The third-order valence-corrected chi connectivity index (χ3v) is 6.29. The van der Waals surface area contributed by atoms with Gasteiger partial charge in [-0.2, -0.15) is 4.98 Å². The van der Waals surface area contributed by atoms with Gasteiger partial charge in [-0.3, -0.25) is 9.69 Å². The molecule has 1 aliphatic rings. The van der Waals surface area contributed by atoms with E-state index in [4.69, 9.17) is 18.7 Å². The lowest BCUT2D eigenvalue weighted by molar-refractivity contribution is -0.126. The molecule has 186 valence electrons. The Morgan fingerprint density at radius 3 is 2.31 bits per heavy atom. The van der Waals surface area contributed by atoms with Crippen molar-refractivity contribution in [3.63, 3.8) is 0 Å². The largest absolute Gasteiger partial charge is 0.493 e. The fourth-order valence-electron chi connectivity index (χ4n) is 4.25. The molecule has 35 heavy (non-hydrogen) atoms. The number of hydrogen-bond donors (Lipinski definition) is 1. The molecule has 3 aromatic rings. The number of amides is 1. The van der Waals surface area contributed by atoms with Crippen molar-refractivity contribution in [1.29, 1.82) is 0 Å². The molecule has 1 saturated heterocycles. The molecule has 1 amide bonds. The van der Waals surface area contributed by atoms with Crippen LogP contribution in [0.15, 0.2) is 40.9 Å². The van der Waals surface area contributed by atoms with E-state index in [1.807, 2.05) is 43.3 Å². The molecule has 0 atom stereocenters. The average Bonchev–Trinajstić information content (AvgIpc) is 3.35. The lowest BCUT2D eigenvalue weighted by Gasteiger charge is -2.30. The first kappa shape index (κ1) is 24.5. The first-order valence-corrected chi connectivity index (χ1v) is 11.7. The molecule has 4 rings (SSSR count). The second kappa shape index (κ2) is 11.2. The number of piperidine rings is 1. The maximum atomic E-state index is 12.8. The number of carbonyl (C=O) groups excluding carboxylic acids is 1. The van der Waals surface area contributed by atoms with Crippen LogP contribution in [0.25, 0.3) is 11.4 Å². The Morgan fingerprint density at radius 2 is 1.71 bits per heavy atom. The number of carbonyl (C=O) groups is 1. The fourth-order valence-corrected chi connectivity index (χ4v) is 4.25. The van der Waals surface area contributed by atoms with Crippen LogP contribution in [-0.2, 0) is 17.9 Å². The van der Waals surface area contributed by atoms with Gasteiger partial charge in [-0.15, -0.1) is 0 Å². The zero-order chi connectivity index (χ0) is 24.8. The number of likely N-dealkylation sites (tertiary alicyclic amines) is 1. The minimum absolute atomic E-state index is 0.0286. The number of rotatable bonds is 9. The molecule has 2 aromatic carbocycles. The van der Waals surface area contributed by atoms with E-state index in [0.29, 0.717) is 42.1 Å². The van der Waals surface area contributed by atoms with Gasteiger partial charge < -0.3 is 24.1 Å². The second-order valence-corrected chi connectivity index (χ2v) is 8.68. The van der Waals surface area contributed by atoms with Gasteiger partial charge in [0.05, 0.1) is 27.9 Å². The maximum Gasteiger partial charge on any atom is 0.241 e. The van der Waals surface area contributed by atoms with Crippen LogP contribution in [0.2, 0.25) is 0 Å². The molecular weight excluding hydrogens is 448 g/mol. The molecule has 9 heteroatoms. The van der Waals surface area contributed by atoms with E-state index >= 15 is 0 Å². The molecule has 1 aliphatic heterocycles. The monoisotopic (exact) mass is 480 g/mol. The Balaban J connectivity index is 1.27. The summed E-state index contributed by atoms with van der Waals surface area (Å²) in [7, 11) is 4.71. The summed E-state index contributed by atoms with van der Waals surface area (Å²) in [5, 5.41) is 7.16. The Morgan fingerprint density at radius 1 is 1.06 bits per heavy atom. The minimum atomic E-state index is -0.0286. The number of aryl methyl sites for hydroxylation is 1. The summed E-state index contributed by atoms with van der Waals surface area (Å²) >= 11 is 0. The van der Waals surface area contributed by atoms with Gasteiger partial charge in [0.1, 0.15) is 0 Å². The summed E-state index contributed by atoms with van der Waals surface area (Å²) in [6, 6.07) is 11.7. The van der Waals surface area contributed by atoms with Crippen molar-refractivity contribution in [2.45, 2.75) is 32.9 Å². The summed E-state index contributed by atoms with van der Waals surface area (Å²) in [5.74, 6) is 2.88. The zero-order valence-electron chi connectivity index (χ0n) is 20.7. The number of ether oxygens (including phenoxy) is 3.